The van der Waals surface area contributed by atoms with Gasteiger partial charge in [-0.2, -0.15) is 0 Å². The van der Waals surface area contributed by atoms with Crippen molar-refractivity contribution < 1.29 is 42.1 Å². The molecule has 9 nitrogen and oxygen atoms in total. The van der Waals surface area contributed by atoms with E-state index < -0.39 is 32.5 Å². The predicted molar refractivity (Wildman–Crippen MR) is 387 cm³/mol. The Bertz CT molecular complexity index is 2130. The average Bonchev–Trinajstić information content (AvgIpc) is 3.61. The first-order valence-electron chi connectivity index (χ1n) is 35.8. The van der Waals surface area contributed by atoms with Gasteiger partial charge in [-0.05, 0) is 128 Å². The molecule has 0 heterocycles. The van der Waals surface area contributed by atoms with Crippen molar-refractivity contribution in [3.05, 3.63) is 170 Å². The van der Waals surface area contributed by atoms with E-state index in [-0.39, 0.29) is 26.1 Å². The van der Waals surface area contributed by atoms with Crippen LogP contribution in [0.4, 0.5) is 0 Å². The molecule has 0 radical (unpaired) electrons. The van der Waals surface area contributed by atoms with Gasteiger partial charge in [-0.15, -0.1) is 0 Å². The van der Waals surface area contributed by atoms with Crippen LogP contribution in [0, 0.1) is 0 Å². The van der Waals surface area contributed by atoms with Crippen molar-refractivity contribution in [2.75, 3.05) is 47.5 Å². The number of hydrogen-bond acceptors (Lipinski definition) is 8. The molecule has 0 rings (SSSR count). The summed E-state index contributed by atoms with van der Waals surface area (Å²) in [6, 6.07) is 0. The van der Waals surface area contributed by atoms with Gasteiger partial charge in [0.05, 0.1) is 27.7 Å². The van der Waals surface area contributed by atoms with Gasteiger partial charge in [0.2, 0.25) is 0 Å². The number of quaternary nitrogens is 1. The van der Waals surface area contributed by atoms with E-state index in [1.54, 1.807) is 0 Å². The second-order valence-corrected chi connectivity index (χ2v) is 25.9. The molecule has 0 aromatic rings. The first-order chi connectivity index (χ1) is 44.0. The molecule has 0 saturated heterocycles. The zero-order valence-corrected chi connectivity index (χ0v) is 58.9. The molecule has 0 N–H and O–H groups in total. The standard InChI is InChI=1S/C80H132NO8P/c1-6-8-10-12-14-16-18-20-22-24-26-28-30-32-34-36-38-39-40-41-43-45-47-49-51-53-55-57-59-61-63-65-67-69-71-73-80(83)89-78(77-88-90(84,85)87-75-74-81(3,4)5)76-86-79(82)72-70-68-66-64-62-60-58-56-54-52-50-48-46-44-42-37-35-33-31-29-27-25-23-21-19-17-15-13-11-9-7-2/h8-11,14-17,20-23,26-29,32-35,38-39,41-44,47,49,78H,6-7,12-13,18-19,24-25,30-31,36-37,40,45-46,48,50-77H2,1-5H3/b10-8-,11-9-,16-14-,17-15-,22-20-,23-21-,28-26-,29-27-,34-32-,35-33-,39-38-,43-41-,44-42-,49-47-. The third-order valence-electron chi connectivity index (χ3n) is 14.7. The molecule has 0 fully saturated rings. The maximum atomic E-state index is 12.9. The SMILES string of the molecule is CC/C=C\C/C=C\C/C=C\C/C=C\C/C=C\C/C=C\C/C=C\C/C=C\CCCCCCCCCCCCC(=O)OC(COC(=O)CCCCCCCCCCCCCC/C=C\C/C=C\C/C=C\C/C=C\C/C=C\C/C=C\CC)COP(=O)([O-])OCC[N+](C)(C)C. The van der Waals surface area contributed by atoms with Crippen LogP contribution >= 0.6 is 7.82 Å². The number of carbonyl (C=O) groups excluding carboxylic acids is 2. The normalized spacial score (nSPS) is 14.2. The number of allylic oxidation sites excluding steroid dienone is 28. The van der Waals surface area contributed by atoms with Gasteiger partial charge in [0.25, 0.3) is 7.82 Å². The van der Waals surface area contributed by atoms with Gasteiger partial charge < -0.3 is 27.9 Å². The summed E-state index contributed by atoms with van der Waals surface area (Å²) >= 11 is 0. The van der Waals surface area contributed by atoms with E-state index >= 15 is 0 Å². The second kappa shape index (κ2) is 68.7. The third kappa shape index (κ3) is 72.4. The highest BCUT2D eigenvalue weighted by Crippen LogP contribution is 2.38. The van der Waals surface area contributed by atoms with E-state index in [1.807, 2.05) is 21.1 Å². The van der Waals surface area contributed by atoms with Crippen LogP contribution in [0.2, 0.25) is 0 Å². The minimum Gasteiger partial charge on any atom is -0.756 e. The summed E-state index contributed by atoms with van der Waals surface area (Å²) in [4.78, 5) is 38.1. The molecule has 0 aliphatic rings. The van der Waals surface area contributed by atoms with Crippen molar-refractivity contribution >= 4 is 19.8 Å². The van der Waals surface area contributed by atoms with Crippen molar-refractivity contribution in [1.29, 1.82) is 0 Å². The first kappa shape index (κ1) is 85.4. The van der Waals surface area contributed by atoms with E-state index in [2.05, 4.69) is 184 Å². The summed E-state index contributed by atoms with van der Waals surface area (Å²) in [6.07, 6.45) is 104. The van der Waals surface area contributed by atoms with Gasteiger partial charge in [-0.3, -0.25) is 14.2 Å². The lowest BCUT2D eigenvalue weighted by Gasteiger charge is -2.28. The van der Waals surface area contributed by atoms with Gasteiger partial charge in [0.1, 0.15) is 19.8 Å². The van der Waals surface area contributed by atoms with E-state index in [4.69, 9.17) is 18.5 Å². The molecule has 510 valence electrons. The molecular formula is C80H132NO8P. The Hall–Kier alpha value is -4.63. The molecule has 0 spiro atoms. The topological polar surface area (TPSA) is 111 Å². The summed E-state index contributed by atoms with van der Waals surface area (Å²) in [7, 11) is 1.14. The number of esters is 2. The molecule has 2 atom stereocenters. The first-order valence-corrected chi connectivity index (χ1v) is 37.3. The van der Waals surface area contributed by atoms with Crippen LogP contribution < -0.4 is 4.89 Å². The van der Waals surface area contributed by atoms with Crippen molar-refractivity contribution in [2.24, 2.45) is 0 Å². The molecular weight excluding hydrogens is 1130 g/mol. The molecule has 2 unspecified atom stereocenters. The Kier molecular flexibility index (Phi) is 65.2. The van der Waals surface area contributed by atoms with Crippen molar-refractivity contribution in [2.45, 2.75) is 277 Å². The van der Waals surface area contributed by atoms with Crippen LogP contribution in [0.25, 0.3) is 0 Å². The van der Waals surface area contributed by atoms with Crippen LogP contribution in [0.3, 0.4) is 0 Å². The number of unbranched alkanes of at least 4 members (excludes halogenated alkanes) is 22. The molecule has 0 amide bonds. The minimum absolute atomic E-state index is 0.0400. The van der Waals surface area contributed by atoms with Gasteiger partial charge in [-0.1, -0.05) is 300 Å². The fourth-order valence-corrected chi connectivity index (χ4v) is 10.1. The Morgan fingerprint density at radius 1 is 0.344 bits per heavy atom. The van der Waals surface area contributed by atoms with Crippen molar-refractivity contribution in [3.8, 4) is 0 Å². The van der Waals surface area contributed by atoms with Crippen LogP contribution in [-0.2, 0) is 32.7 Å². The number of hydrogen-bond donors (Lipinski definition) is 0. The third-order valence-corrected chi connectivity index (χ3v) is 15.7. The van der Waals surface area contributed by atoms with E-state index in [9.17, 15) is 19.0 Å². The molecule has 10 heteroatoms. The van der Waals surface area contributed by atoms with Crippen molar-refractivity contribution in [3.63, 3.8) is 0 Å². The molecule has 0 aliphatic carbocycles. The Labute approximate surface area is 553 Å². The summed E-state index contributed by atoms with van der Waals surface area (Å²) in [6.45, 7) is 4.00. The van der Waals surface area contributed by atoms with E-state index in [1.165, 1.54) is 96.3 Å². The van der Waals surface area contributed by atoms with E-state index in [0.29, 0.717) is 17.4 Å². The van der Waals surface area contributed by atoms with Crippen LogP contribution in [-0.4, -0.2) is 70.0 Å². The maximum absolute atomic E-state index is 12.9. The number of ether oxygens (including phenoxy) is 2. The Morgan fingerprint density at radius 3 is 0.889 bits per heavy atom. The lowest BCUT2D eigenvalue weighted by atomic mass is 10.0. The molecule has 0 aromatic carbocycles. The number of carbonyl (C=O) groups is 2. The fraction of sp³-hybridized carbons (Fsp3) is 0.625. The summed E-state index contributed by atoms with van der Waals surface area (Å²) in [5, 5.41) is 0. The minimum atomic E-state index is -4.66. The summed E-state index contributed by atoms with van der Waals surface area (Å²) < 4.78 is 34.3. The zero-order valence-electron chi connectivity index (χ0n) is 58.0. The van der Waals surface area contributed by atoms with Gasteiger partial charge in [-0.25, -0.2) is 0 Å². The molecule has 0 aromatic heterocycles. The highest BCUT2D eigenvalue weighted by atomic mass is 31.2. The number of nitrogens with zero attached hydrogens (tertiary/aromatic N) is 1. The van der Waals surface area contributed by atoms with Gasteiger partial charge >= 0.3 is 11.9 Å². The van der Waals surface area contributed by atoms with Crippen LogP contribution in [0.15, 0.2) is 170 Å². The fourth-order valence-electron chi connectivity index (χ4n) is 9.32. The maximum Gasteiger partial charge on any atom is 0.306 e. The van der Waals surface area contributed by atoms with Crippen molar-refractivity contribution in [1.82, 2.24) is 0 Å². The molecule has 90 heavy (non-hydrogen) atoms. The molecule has 0 saturated carbocycles. The number of rotatable bonds is 64. The number of phosphoric acid groups is 1. The quantitative estimate of drug-likeness (QED) is 0.0195. The Morgan fingerprint density at radius 2 is 0.600 bits per heavy atom. The van der Waals surface area contributed by atoms with E-state index in [0.717, 1.165) is 141 Å². The zero-order chi connectivity index (χ0) is 65.5. The van der Waals surface area contributed by atoms with Crippen LogP contribution in [0.5, 0.6) is 0 Å². The van der Waals surface area contributed by atoms with Gasteiger partial charge in [0, 0.05) is 12.8 Å². The largest absolute Gasteiger partial charge is 0.756 e. The number of phosphoric ester groups is 1. The summed E-state index contributed by atoms with van der Waals surface area (Å²) in [5.41, 5.74) is 0. The lowest BCUT2D eigenvalue weighted by Crippen LogP contribution is -2.37. The average molecular weight is 1270 g/mol. The monoisotopic (exact) mass is 1270 g/mol. The van der Waals surface area contributed by atoms with Crippen LogP contribution in [0.1, 0.15) is 271 Å². The highest BCUT2D eigenvalue weighted by molar-refractivity contribution is 7.45. The second-order valence-electron chi connectivity index (χ2n) is 24.5. The highest BCUT2D eigenvalue weighted by Gasteiger charge is 2.22. The molecule has 0 aliphatic heterocycles. The number of likely N-dealkylation sites (N-methyl/N-ethyl adjacent to an activating group) is 1. The van der Waals surface area contributed by atoms with Gasteiger partial charge in [0.15, 0.2) is 6.10 Å². The smallest absolute Gasteiger partial charge is 0.306 e. The summed E-state index contributed by atoms with van der Waals surface area (Å²) in [5.74, 6) is -0.847. The molecule has 0 bridgehead atoms. The lowest BCUT2D eigenvalue weighted by molar-refractivity contribution is -0.870. The Balaban J connectivity index is 4.11. The predicted octanol–water partition coefficient (Wildman–Crippen LogP) is 23.1.